The highest BCUT2D eigenvalue weighted by Gasteiger charge is 2.47. The molecule has 1 fully saturated rings. The van der Waals surface area contributed by atoms with E-state index in [9.17, 15) is 34.8 Å². The van der Waals surface area contributed by atoms with Crippen molar-refractivity contribution >= 4 is 17.9 Å². The van der Waals surface area contributed by atoms with Crippen molar-refractivity contribution in [1.29, 1.82) is 0 Å². The van der Waals surface area contributed by atoms with E-state index in [1.54, 1.807) is 0 Å². The first-order valence-electron chi connectivity index (χ1n) is 28.1. The third-order valence-corrected chi connectivity index (χ3v) is 13.5. The first-order valence-corrected chi connectivity index (χ1v) is 28.1. The van der Waals surface area contributed by atoms with Crippen LogP contribution in [0.1, 0.15) is 284 Å². The van der Waals surface area contributed by atoms with E-state index in [-0.39, 0.29) is 26.1 Å². The summed E-state index contributed by atoms with van der Waals surface area (Å²) >= 11 is 0. The van der Waals surface area contributed by atoms with Crippen LogP contribution in [-0.2, 0) is 33.3 Å². The average Bonchev–Trinajstić information content (AvgIpc) is 3.30. The van der Waals surface area contributed by atoms with Gasteiger partial charge in [0.25, 0.3) is 0 Å². The van der Waals surface area contributed by atoms with Crippen molar-refractivity contribution in [1.82, 2.24) is 0 Å². The van der Waals surface area contributed by atoms with E-state index in [1.165, 1.54) is 205 Å². The van der Waals surface area contributed by atoms with E-state index >= 15 is 0 Å². The van der Waals surface area contributed by atoms with Crippen molar-refractivity contribution in [2.75, 3.05) is 13.2 Å². The van der Waals surface area contributed by atoms with Gasteiger partial charge >= 0.3 is 17.9 Å². The van der Waals surface area contributed by atoms with Crippen LogP contribution in [0.5, 0.6) is 0 Å². The minimum absolute atomic E-state index is 0.191. The van der Waals surface area contributed by atoms with Gasteiger partial charge in [0.15, 0.2) is 18.5 Å². The topological polar surface area (TPSA) is 169 Å². The number of rotatable bonds is 49. The first kappa shape index (κ1) is 62.2. The normalized spacial score (nSPS) is 19.0. The molecule has 0 bridgehead atoms. The fourth-order valence-electron chi connectivity index (χ4n) is 9.06. The maximum Gasteiger partial charge on any atom is 0.335 e. The molecule has 11 nitrogen and oxygen atoms in total. The Labute approximate surface area is 404 Å². The van der Waals surface area contributed by atoms with Gasteiger partial charge in [0.05, 0.1) is 6.61 Å². The Kier molecular flexibility index (Phi) is 43.0. The third-order valence-electron chi connectivity index (χ3n) is 13.5. The molecular formula is C55H104O11. The second-order valence-electron chi connectivity index (χ2n) is 19.8. The summed E-state index contributed by atoms with van der Waals surface area (Å²) in [6.07, 6.45) is 41.6. The highest BCUT2D eigenvalue weighted by atomic mass is 16.7. The number of esters is 2. The quantitative estimate of drug-likeness (QED) is 0.0338. The molecule has 0 spiro atoms. The summed E-state index contributed by atoms with van der Waals surface area (Å²) in [6.45, 7) is 3.88. The Bertz CT molecular complexity index is 1100. The van der Waals surface area contributed by atoms with Crippen molar-refractivity contribution in [3.8, 4) is 0 Å². The lowest BCUT2D eigenvalue weighted by Crippen LogP contribution is -2.60. The molecule has 0 saturated carbocycles. The van der Waals surface area contributed by atoms with Gasteiger partial charge in [0, 0.05) is 12.8 Å². The molecule has 1 rings (SSSR count). The second-order valence-corrected chi connectivity index (χ2v) is 19.8. The van der Waals surface area contributed by atoms with E-state index in [4.69, 9.17) is 18.9 Å². The van der Waals surface area contributed by atoms with Crippen molar-refractivity contribution in [3.63, 3.8) is 0 Å². The van der Waals surface area contributed by atoms with E-state index in [0.717, 1.165) is 38.5 Å². The number of carbonyl (C=O) groups is 3. The minimum atomic E-state index is -1.86. The molecule has 6 unspecified atom stereocenters. The lowest BCUT2D eigenvalue weighted by molar-refractivity contribution is -0.298. The molecule has 1 aliphatic heterocycles. The molecule has 0 aromatic carbocycles. The molecule has 0 aromatic rings. The summed E-state index contributed by atoms with van der Waals surface area (Å²) in [5.41, 5.74) is 0. The van der Waals surface area contributed by atoms with E-state index in [0.29, 0.717) is 12.8 Å². The Hall–Kier alpha value is -1.79. The first-order chi connectivity index (χ1) is 32.2. The fraction of sp³-hybridized carbons (Fsp3) is 0.945. The van der Waals surface area contributed by atoms with Crippen molar-refractivity contribution < 1.29 is 53.8 Å². The number of unbranched alkanes of at least 4 members (excludes halogenated alkanes) is 38. The molecule has 390 valence electrons. The van der Waals surface area contributed by atoms with Crippen LogP contribution >= 0.6 is 0 Å². The Morgan fingerprint density at radius 1 is 0.409 bits per heavy atom. The second kappa shape index (κ2) is 45.6. The number of carboxylic acids is 1. The van der Waals surface area contributed by atoms with Gasteiger partial charge in [-0.05, 0) is 12.8 Å². The van der Waals surface area contributed by atoms with Crippen LogP contribution in [0, 0.1) is 0 Å². The smallest absolute Gasteiger partial charge is 0.335 e. The summed E-state index contributed by atoms with van der Waals surface area (Å²) in [6, 6.07) is 0. The zero-order chi connectivity index (χ0) is 48.1. The van der Waals surface area contributed by atoms with Crippen molar-refractivity contribution in [2.45, 2.75) is 320 Å². The van der Waals surface area contributed by atoms with Crippen LogP contribution in [0.4, 0.5) is 0 Å². The molecule has 1 saturated heterocycles. The largest absolute Gasteiger partial charge is 0.479 e. The zero-order valence-electron chi connectivity index (χ0n) is 42.7. The molecule has 0 aromatic heterocycles. The van der Waals surface area contributed by atoms with Gasteiger partial charge < -0.3 is 39.4 Å². The number of hydrogen-bond donors (Lipinski definition) is 4. The monoisotopic (exact) mass is 941 g/mol. The van der Waals surface area contributed by atoms with Gasteiger partial charge in [-0.1, -0.05) is 258 Å². The van der Waals surface area contributed by atoms with Gasteiger partial charge in [-0.2, -0.15) is 0 Å². The maximum absolute atomic E-state index is 12.8. The van der Waals surface area contributed by atoms with Gasteiger partial charge in [-0.15, -0.1) is 0 Å². The Balaban J connectivity index is 2.21. The van der Waals surface area contributed by atoms with Crippen LogP contribution in [-0.4, -0.2) is 88.4 Å². The lowest BCUT2D eigenvalue weighted by atomic mass is 9.99. The molecule has 66 heavy (non-hydrogen) atoms. The molecule has 0 radical (unpaired) electrons. The third kappa shape index (κ3) is 36.2. The maximum atomic E-state index is 12.8. The number of ether oxygens (including phenoxy) is 4. The van der Waals surface area contributed by atoms with E-state index < -0.39 is 54.7 Å². The number of hydrogen-bond acceptors (Lipinski definition) is 10. The standard InChI is InChI=1S/C55H104O11/c1-3-5-7-9-11-13-15-17-19-21-22-23-24-25-26-27-28-30-31-33-35-37-39-41-43-48(56)63-45-47(46-64-55-52(60)50(58)51(59)53(66-55)54(61)62)65-49(57)44-42-40-38-36-34-32-29-20-18-16-14-12-10-8-6-4-2/h47,50-53,55,58-60H,3-46H2,1-2H3,(H,61,62). The van der Waals surface area contributed by atoms with E-state index in [2.05, 4.69) is 13.8 Å². The molecule has 6 atom stereocenters. The zero-order valence-corrected chi connectivity index (χ0v) is 42.7. The molecule has 1 aliphatic rings. The predicted octanol–water partition coefficient (Wildman–Crippen LogP) is 13.8. The average molecular weight is 941 g/mol. The van der Waals surface area contributed by atoms with Gasteiger partial charge in [0.1, 0.15) is 24.9 Å². The van der Waals surface area contributed by atoms with Crippen molar-refractivity contribution in [3.05, 3.63) is 0 Å². The summed E-state index contributed by atoms with van der Waals surface area (Å²) in [4.78, 5) is 37.0. The number of carbonyl (C=O) groups excluding carboxylic acids is 2. The molecule has 4 N–H and O–H groups in total. The summed E-state index contributed by atoms with van der Waals surface area (Å²) < 4.78 is 21.9. The molecule has 1 heterocycles. The van der Waals surface area contributed by atoms with Crippen molar-refractivity contribution in [2.24, 2.45) is 0 Å². The minimum Gasteiger partial charge on any atom is -0.479 e. The van der Waals surface area contributed by atoms with Gasteiger partial charge in [-0.25, -0.2) is 4.79 Å². The highest BCUT2D eigenvalue weighted by Crippen LogP contribution is 2.24. The molecule has 11 heteroatoms. The van der Waals surface area contributed by atoms with Crippen LogP contribution in [0.25, 0.3) is 0 Å². The molecular weight excluding hydrogens is 837 g/mol. The number of aliphatic hydroxyl groups excluding tert-OH is 3. The predicted molar refractivity (Wildman–Crippen MR) is 266 cm³/mol. The van der Waals surface area contributed by atoms with Crippen LogP contribution in [0.2, 0.25) is 0 Å². The highest BCUT2D eigenvalue weighted by molar-refractivity contribution is 5.73. The van der Waals surface area contributed by atoms with Crippen LogP contribution in [0.15, 0.2) is 0 Å². The van der Waals surface area contributed by atoms with Gasteiger partial charge in [0.2, 0.25) is 0 Å². The Morgan fingerprint density at radius 3 is 1.03 bits per heavy atom. The number of aliphatic hydroxyl groups is 3. The van der Waals surface area contributed by atoms with E-state index in [1.807, 2.05) is 0 Å². The van der Waals surface area contributed by atoms with Crippen LogP contribution in [0.3, 0.4) is 0 Å². The lowest BCUT2D eigenvalue weighted by Gasteiger charge is -2.38. The SMILES string of the molecule is CCCCCCCCCCCCCCCCCCCCCCCCCCC(=O)OCC(COC1OC(C(=O)O)C(O)C(O)C1O)OC(=O)CCCCCCCCCCCCCCCCCC. The van der Waals surface area contributed by atoms with Crippen LogP contribution < -0.4 is 0 Å². The molecule has 0 amide bonds. The van der Waals surface area contributed by atoms with Gasteiger partial charge in [-0.3, -0.25) is 9.59 Å². The fourth-order valence-corrected chi connectivity index (χ4v) is 9.06. The number of aliphatic carboxylic acids is 1. The number of carboxylic acid groups (broad SMARTS) is 1. The summed E-state index contributed by atoms with van der Waals surface area (Å²) in [7, 11) is 0. The summed E-state index contributed by atoms with van der Waals surface area (Å²) in [5.74, 6) is -2.41. The summed E-state index contributed by atoms with van der Waals surface area (Å²) in [5, 5.41) is 40.0. The Morgan fingerprint density at radius 2 is 0.712 bits per heavy atom. The molecule has 0 aliphatic carbocycles.